The first-order valence-electron chi connectivity index (χ1n) is 15.1. The number of anilines is 1. The lowest BCUT2D eigenvalue weighted by atomic mass is 10.0. The minimum atomic E-state index is -0.107. The first kappa shape index (κ1) is 29.8. The highest BCUT2D eigenvalue weighted by Crippen LogP contribution is 2.42. The molecule has 1 aliphatic rings. The maximum absolute atomic E-state index is 6.75. The molecule has 1 aliphatic heterocycles. The molecule has 0 saturated carbocycles. The summed E-state index contributed by atoms with van der Waals surface area (Å²) in [6, 6.07) is 11.6. The van der Waals surface area contributed by atoms with Gasteiger partial charge in [-0.15, -0.1) is 0 Å². The van der Waals surface area contributed by atoms with Crippen molar-refractivity contribution in [3.63, 3.8) is 0 Å². The lowest BCUT2D eigenvalue weighted by molar-refractivity contribution is -0.0366. The van der Waals surface area contributed by atoms with Gasteiger partial charge in [0.05, 0.1) is 42.9 Å². The molecule has 0 spiro atoms. The molecule has 1 unspecified atom stereocenters. The zero-order chi connectivity index (χ0) is 31.8. The van der Waals surface area contributed by atoms with E-state index >= 15 is 0 Å². The molecule has 1 fully saturated rings. The number of fused-ring (bicyclic) bond motifs is 2. The van der Waals surface area contributed by atoms with Crippen LogP contribution in [-0.2, 0) is 18.3 Å². The van der Waals surface area contributed by atoms with Gasteiger partial charge in [0.1, 0.15) is 28.2 Å². The molecule has 0 amide bonds. The number of aromatic nitrogens is 6. The molecule has 4 aromatic heterocycles. The van der Waals surface area contributed by atoms with Crippen LogP contribution in [0.3, 0.4) is 0 Å². The van der Waals surface area contributed by atoms with Crippen molar-refractivity contribution < 1.29 is 18.9 Å². The summed E-state index contributed by atoms with van der Waals surface area (Å²) in [4.78, 5) is 9.57. The summed E-state index contributed by atoms with van der Waals surface area (Å²) in [6.07, 6.45) is 10.4. The van der Waals surface area contributed by atoms with Crippen molar-refractivity contribution in [2.75, 3.05) is 26.1 Å². The van der Waals surface area contributed by atoms with Crippen LogP contribution in [0.2, 0.25) is 5.15 Å². The van der Waals surface area contributed by atoms with E-state index in [1.54, 1.807) is 25.1 Å². The summed E-state index contributed by atoms with van der Waals surface area (Å²) in [5.74, 6) is 2.95. The minimum absolute atomic E-state index is 0.107. The smallest absolute Gasteiger partial charge is 0.232 e. The van der Waals surface area contributed by atoms with Crippen molar-refractivity contribution in [3.05, 3.63) is 77.5 Å². The number of methoxy groups -OCH3 is 2. The Hall–Kier alpha value is -4.87. The van der Waals surface area contributed by atoms with Crippen LogP contribution in [0.1, 0.15) is 36.6 Å². The number of aryl methyl sites for hydroxylation is 2. The fourth-order valence-corrected chi connectivity index (χ4v) is 6.14. The van der Waals surface area contributed by atoms with E-state index in [2.05, 4.69) is 16.5 Å². The predicted octanol–water partition coefficient (Wildman–Crippen LogP) is 7.46. The van der Waals surface area contributed by atoms with Crippen molar-refractivity contribution >= 4 is 39.1 Å². The second kappa shape index (κ2) is 12.5. The van der Waals surface area contributed by atoms with Crippen LogP contribution in [0, 0.1) is 6.92 Å². The molecule has 11 nitrogen and oxygen atoms in total. The van der Waals surface area contributed by atoms with E-state index in [0.717, 1.165) is 64.4 Å². The third-order valence-electron chi connectivity index (χ3n) is 8.32. The molecule has 5 heterocycles. The Balaban J connectivity index is 1.35. The third kappa shape index (κ3) is 5.56. The summed E-state index contributed by atoms with van der Waals surface area (Å²) >= 11 is 6.70. The zero-order valence-electron chi connectivity index (χ0n) is 26.1. The molecule has 1 N–H and O–H groups in total. The van der Waals surface area contributed by atoms with Gasteiger partial charge >= 0.3 is 0 Å². The van der Waals surface area contributed by atoms with Crippen LogP contribution in [0.5, 0.6) is 23.1 Å². The van der Waals surface area contributed by atoms with E-state index in [1.165, 1.54) is 0 Å². The molecule has 0 aliphatic carbocycles. The summed E-state index contributed by atoms with van der Waals surface area (Å²) in [5, 5.41) is 15.2. The van der Waals surface area contributed by atoms with Gasteiger partial charge in [-0.05, 0) is 56.0 Å². The van der Waals surface area contributed by atoms with E-state index in [9.17, 15) is 0 Å². The highest BCUT2D eigenvalue weighted by Gasteiger charge is 2.23. The molecule has 2 aromatic carbocycles. The molecule has 236 valence electrons. The fourth-order valence-electron chi connectivity index (χ4n) is 5.95. The van der Waals surface area contributed by atoms with E-state index in [1.807, 2.05) is 67.6 Å². The summed E-state index contributed by atoms with van der Waals surface area (Å²) < 4.78 is 27.5. The van der Waals surface area contributed by atoms with Crippen LogP contribution in [0.4, 0.5) is 5.82 Å². The molecule has 1 atom stereocenters. The number of benzene rings is 2. The van der Waals surface area contributed by atoms with Gasteiger partial charge in [0.25, 0.3) is 0 Å². The van der Waals surface area contributed by atoms with Gasteiger partial charge in [0.2, 0.25) is 5.88 Å². The van der Waals surface area contributed by atoms with Gasteiger partial charge in [0.15, 0.2) is 6.23 Å². The second-order valence-electron chi connectivity index (χ2n) is 11.3. The first-order chi connectivity index (χ1) is 22.4. The maximum atomic E-state index is 6.75. The van der Waals surface area contributed by atoms with Crippen molar-refractivity contribution in [1.82, 2.24) is 29.5 Å². The van der Waals surface area contributed by atoms with Crippen LogP contribution < -0.4 is 19.5 Å². The number of halogens is 1. The monoisotopic (exact) mass is 639 g/mol. The highest BCUT2D eigenvalue weighted by molar-refractivity contribution is 6.30. The highest BCUT2D eigenvalue weighted by atomic mass is 35.5. The molecule has 7 rings (SSSR count). The van der Waals surface area contributed by atoms with Crippen LogP contribution in [0.15, 0.2) is 61.2 Å². The Bertz CT molecular complexity index is 2050. The minimum Gasteiger partial charge on any atom is -0.497 e. The average Bonchev–Trinajstić information content (AvgIpc) is 3.71. The number of pyridine rings is 2. The Morgan fingerprint density at radius 1 is 1.02 bits per heavy atom. The lowest BCUT2D eigenvalue weighted by Gasteiger charge is -2.23. The zero-order valence-corrected chi connectivity index (χ0v) is 26.8. The number of nitrogens with zero attached hydrogens (tertiary/aromatic N) is 6. The molecule has 1 saturated heterocycles. The Kier molecular flexibility index (Phi) is 8.10. The van der Waals surface area contributed by atoms with E-state index in [0.29, 0.717) is 40.9 Å². The van der Waals surface area contributed by atoms with Crippen molar-refractivity contribution in [1.29, 1.82) is 0 Å². The Morgan fingerprint density at radius 2 is 1.91 bits per heavy atom. The van der Waals surface area contributed by atoms with Crippen LogP contribution in [0.25, 0.3) is 32.8 Å². The fraction of sp³-hybridized carbons (Fsp3) is 0.294. The molecule has 0 bridgehead atoms. The maximum Gasteiger partial charge on any atom is 0.232 e. The lowest BCUT2D eigenvalue weighted by Crippen LogP contribution is -2.18. The van der Waals surface area contributed by atoms with Crippen molar-refractivity contribution in [2.24, 2.45) is 7.05 Å². The van der Waals surface area contributed by atoms with Gasteiger partial charge in [-0.2, -0.15) is 10.2 Å². The van der Waals surface area contributed by atoms with E-state index < -0.39 is 0 Å². The molecule has 46 heavy (non-hydrogen) atoms. The number of rotatable bonds is 9. The average molecular weight is 640 g/mol. The molecular weight excluding hydrogens is 606 g/mol. The number of hydrogen-bond donors (Lipinski definition) is 1. The van der Waals surface area contributed by atoms with Gasteiger partial charge in [-0.1, -0.05) is 17.7 Å². The molecule has 0 radical (unpaired) electrons. The SMILES string of the molecule is COc1ccc(CNc2ncc(-c3cnn(C)c3)c3cc(Cl)nc(Oc4c(C)ccc5c4cnn5C4CCCCO4)c23)c(OC)c1. The van der Waals surface area contributed by atoms with Crippen LogP contribution in [-0.4, -0.2) is 50.4 Å². The largest absolute Gasteiger partial charge is 0.497 e. The van der Waals surface area contributed by atoms with Gasteiger partial charge in [-0.25, -0.2) is 14.6 Å². The van der Waals surface area contributed by atoms with E-state index in [4.69, 9.17) is 45.6 Å². The first-order valence-corrected chi connectivity index (χ1v) is 15.5. The van der Waals surface area contributed by atoms with E-state index in [-0.39, 0.29) is 11.4 Å². The summed E-state index contributed by atoms with van der Waals surface area (Å²) in [6.45, 7) is 3.15. The Labute approximate surface area is 271 Å². The predicted molar refractivity (Wildman–Crippen MR) is 177 cm³/mol. The quantitative estimate of drug-likeness (QED) is 0.161. The van der Waals surface area contributed by atoms with Gasteiger partial charge in [0, 0.05) is 60.7 Å². The molecule has 6 aromatic rings. The molecular formula is C34H34ClN7O4. The third-order valence-corrected chi connectivity index (χ3v) is 8.51. The topological polar surface area (TPSA) is 110 Å². The number of hydrogen-bond acceptors (Lipinski definition) is 9. The summed E-state index contributed by atoms with van der Waals surface area (Å²) in [7, 11) is 5.14. The van der Waals surface area contributed by atoms with Gasteiger partial charge < -0.3 is 24.3 Å². The van der Waals surface area contributed by atoms with Gasteiger partial charge in [-0.3, -0.25) is 4.68 Å². The standard InChI is InChI=1S/C34H34ClN7O4/c1-20-8-11-27-26(18-39-42(27)30-7-5-6-12-45-30)32(20)46-34-31-24(14-29(35)40-34)25(22-16-38-41(2)19-22)17-37-33(31)36-15-21-9-10-23(43-3)13-28(21)44-4/h8-11,13-14,16-19,30H,5-7,12,15H2,1-4H3,(H,36,37). The molecule has 12 heteroatoms. The number of nitrogens with one attached hydrogen (secondary N) is 1. The van der Waals surface area contributed by atoms with Crippen molar-refractivity contribution in [3.8, 4) is 34.3 Å². The second-order valence-corrected chi connectivity index (χ2v) is 11.7. The normalized spacial score (nSPS) is 14.9. The number of ether oxygens (including phenoxy) is 4. The summed E-state index contributed by atoms with van der Waals surface area (Å²) in [5.41, 5.74) is 4.53. The Morgan fingerprint density at radius 3 is 2.67 bits per heavy atom. The van der Waals surface area contributed by atoms with Crippen molar-refractivity contribution in [2.45, 2.75) is 39.0 Å². The van der Waals surface area contributed by atoms with Crippen LogP contribution >= 0.6 is 11.6 Å².